The first-order valence-corrected chi connectivity index (χ1v) is 6.33. The van der Waals surface area contributed by atoms with Crippen molar-refractivity contribution in [2.45, 2.75) is 53.0 Å². The molecule has 2 unspecified atom stereocenters. The second kappa shape index (κ2) is 5.17. The second-order valence-electron chi connectivity index (χ2n) is 6.29. The molecule has 1 aliphatic heterocycles. The van der Waals surface area contributed by atoms with Crippen LogP contribution >= 0.6 is 0 Å². The average molecular weight is 226 g/mol. The van der Waals surface area contributed by atoms with Crippen LogP contribution in [0.15, 0.2) is 0 Å². The average Bonchev–Trinajstić information content (AvgIpc) is 2.55. The van der Waals surface area contributed by atoms with Crippen LogP contribution in [-0.2, 0) is 4.79 Å². The maximum atomic E-state index is 12.0. The molecule has 16 heavy (non-hydrogen) atoms. The third-order valence-corrected chi connectivity index (χ3v) is 3.40. The summed E-state index contributed by atoms with van der Waals surface area (Å²) in [5.41, 5.74) is 5.91. The molecular weight excluding hydrogens is 200 g/mol. The lowest BCUT2D eigenvalue weighted by atomic mass is 9.90. The molecule has 94 valence electrons. The molecule has 1 aliphatic rings. The number of rotatable bonds is 3. The molecule has 3 heteroatoms. The van der Waals surface area contributed by atoms with Gasteiger partial charge in [-0.2, -0.15) is 0 Å². The summed E-state index contributed by atoms with van der Waals surface area (Å²) in [4.78, 5) is 14.1. The highest BCUT2D eigenvalue weighted by atomic mass is 16.2. The van der Waals surface area contributed by atoms with E-state index in [-0.39, 0.29) is 5.41 Å². The molecule has 3 nitrogen and oxygen atoms in total. The summed E-state index contributed by atoms with van der Waals surface area (Å²) >= 11 is 0. The van der Waals surface area contributed by atoms with Gasteiger partial charge in [0.05, 0.1) is 0 Å². The van der Waals surface area contributed by atoms with E-state index in [0.717, 1.165) is 19.4 Å². The fraction of sp³-hybridized carbons (Fsp3) is 0.923. The van der Waals surface area contributed by atoms with Gasteiger partial charge in [0.15, 0.2) is 0 Å². The largest absolute Gasteiger partial charge is 0.340 e. The summed E-state index contributed by atoms with van der Waals surface area (Å²) in [6.45, 7) is 10.2. The first-order chi connectivity index (χ1) is 7.33. The van der Waals surface area contributed by atoms with Gasteiger partial charge >= 0.3 is 0 Å². The van der Waals surface area contributed by atoms with Crippen molar-refractivity contribution < 1.29 is 4.79 Å². The molecule has 1 amide bonds. The van der Waals surface area contributed by atoms with Crippen LogP contribution in [0.25, 0.3) is 0 Å². The van der Waals surface area contributed by atoms with E-state index in [9.17, 15) is 4.79 Å². The van der Waals surface area contributed by atoms with Crippen molar-refractivity contribution in [2.75, 3.05) is 13.1 Å². The minimum atomic E-state index is 0.242. The van der Waals surface area contributed by atoms with Crippen molar-refractivity contribution in [1.29, 1.82) is 0 Å². The number of carbonyl (C=O) groups excluding carboxylic acids is 1. The molecule has 2 atom stereocenters. The van der Waals surface area contributed by atoms with Crippen molar-refractivity contribution in [2.24, 2.45) is 17.1 Å². The SMILES string of the molecule is CC1CC(CN)CN1C(=O)CCC(C)(C)C. The van der Waals surface area contributed by atoms with Gasteiger partial charge in [0.1, 0.15) is 0 Å². The molecular formula is C13H26N2O. The molecule has 1 saturated heterocycles. The Morgan fingerprint density at radius 2 is 2.06 bits per heavy atom. The van der Waals surface area contributed by atoms with Gasteiger partial charge < -0.3 is 10.6 Å². The van der Waals surface area contributed by atoms with E-state index >= 15 is 0 Å². The van der Waals surface area contributed by atoms with Crippen LogP contribution in [0.4, 0.5) is 0 Å². The lowest BCUT2D eigenvalue weighted by molar-refractivity contribution is -0.132. The molecule has 0 aromatic rings. The van der Waals surface area contributed by atoms with Gasteiger partial charge in [-0.15, -0.1) is 0 Å². The van der Waals surface area contributed by atoms with Gasteiger partial charge in [-0.3, -0.25) is 4.79 Å². The smallest absolute Gasteiger partial charge is 0.222 e. The van der Waals surface area contributed by atoms with E-state index in [1.54, 1.807) is 0 Å². The van der Waals surface area contributed by atoms with Crippen LogP contribution in [0.2, 0.25) is 0 Å². The highest BCUT2D eigenvalue weighted by molar-refractivity contribution is 5.76. The normalized spacial score (nSPS) is 26.2. The molecule has 0 spiro atoms. The lowest BCUT2D eigenvalue weighted by Crippen LogP contribution is -2.34. The van der Waals surface area contributed by atoms with Crippen molar-refractivity contribution in [3.8, 4) is 0 Å². The molecule has 0 saturated carbocycles. The molecule has 0 radical (unpaired) electrons. The number of likely N-dealkylation sites (tertiary alicyclic amines) is 1. The standard InChI is InChI=1S/C13H26N2O/c1-10-7-11(8-14)9-15(10)12(16)5-6-13(2,3)4/h10-11H,5-9,14H2,1-4H3. The summed E-state index contributed by atoms with van der Waals surface area (Å²) in [6.07, 6.45) is 2.70. The molecule has 1 rings (SSSR count). The van der Waals surface area contributed by atoms with Crippen molar-refractivity contribution in [3.05, 3.63) is 0 Å². The van der Waals surface area contributed by atoms with Crippen LogP contribution in [0.1, 0.15) is 47.0 Å². The maximum absolute atomic E-state index is 12.0. The Balaban J connectivity index is 2.43. The van der Waals surface area contributed by atoms with Gasteiger partial charge in [0, 0.05) is 19.0 Å². The van der Waals surface area contributed by atoms with Gasteiger partial charge in [0.2, 0.25) is 5.91 Å². The minimum Gasteiger partial charge on any atom is -0.340 e. The Labute approximate surface area is 99.4 Å². The molecule has 0 aromatic carbocycles. The van der Waals surface area contributed by atoms with E-state index in [2.05, 4.69) is 27.7 Å². The maximum Gasteiger partial charge on any atom is 0.222 e. The van der Waals surface area contributed by atoms with E-state index in [4.69, 9.17) is 5.73 Å². The highest BCUT2D eigenvalue weighted by Crippen LogP contribution is 2.26. The first kappa shape index (κ1) is 13.5. The number of amides is 1. The zero-order valence-corrected chi connectivity index (χ0v) is 11.1. The van der Waals surface area contributed by atoms with Gasteiger partial charge in [-0.1, -0.05) is 20.8 Å². The zero-order chi connectivity index (χ0) is 12.3. The fourth-order valence-electron chi connectivity index (χ4n) is 2.29. The van der Waals surface area contributed by atoms with E-state index in [1.807, 2.05) is 4.90 Å². The number of carbonyl (C=O) groups is 1. The molecule has 1 fully saturated rings. The third kappa shape index (κ3) is 3.78. The van der Waals surface area contributed by atoms with E-state index in [0.29, 0.717) is 30.8 Å². The Bertz CT molecular complexity index is 245. The minimum absolute atomic E-state index is 0.242. The number of hydrogen-bond donors (Lipinski definition) is 1. The molecule has 0 aromatic heterocycles. The topological polar surface area (TPSA) is 46.3 Å². The van der Waals surface area contributed by atoms with Crippen molar-refractivity contribution in [1.82, 2.24) is 4.90 Å². The molecule has 0 aliphatic carbocycles. The summed E-state index contributed by atoms with van der Waals surface area (Å²) in [7, 11) is 0. The fourth-order valence-corrected chi connectivity index (χ4v) is 2.29. The van der Waals surface area contributed by atoms with Gasteiger partial charge in [-0.05, 0) is 37.6 Å². The number of nitrogens with zero attached hydrogens (tertiary/aromatic N) is 1. The quantitative estimate of drug-likeness (QED) is 0.800. The highest BCUT2D eigenvalue weighted by Gasteiger charge is 2.31. The first-order valence-electron chi connectivity index (χ1n) is 6.33. The summed E-state index contributed by atoms with van der Waals surface area (Å²) in [6, 6.07) is 0.376. The molecule has 2 N–H and O–H groups in total. The van der Waals surface area contributed by atoms with E-state index in [1.165, 1.54) is 0 Å². The molecule has 0 bridgehead atoms. The number of nitrogens with two attached hydrogens (primary N) is 1. The predicted octanol–water partition coefficient (Wildman–Crippen LogP) is 2.01. The zero-order valence-electron chi connectivity index (χ0n) is 11.1. The predicted molar refractivity (Wildman–Crippen MR) is 67.0 cm³/mol. The van der Waals surface area contributed by atoms with Crippen LogP contribution in [0.3, 0.4) is 0 Å². The van der Waals surface area contributed by atoms with E-state index < -0.39 is 0 Å². The Morgan fingerprint density at radius 1 is 1.44 bits per heavy atom. The monoisotopic (exact) mass is 226 g/mol. The Hall–Kier alpha value is -0.570. The second-order valence-corrected chi connectivity index (χ2v) is 6.29. The van der Waals surface area contributed by atoms with Gasteiger partial charge in [-0.25, -0.2) is 0 Å². The summed E-state index contributed by atoms with van der Waals surface area (Å²) in [5, 5.41) is 0. The Morgan fingerprint density at radius 3 is 2.50 bits per heavy atom. The van der Waals surface area contributed by atoms with Crippen LogP contribution in [-0.4, -0.2) is 29.9 Å². The van der Waals surface area contributed by atoms with Crippen molar-refractivity contribution >= 4 is 5.91 Å². The molecule has 1 heterocycles. The third-order valence-electron chi connectivity index (χ3n) is 3.40. The Kier molecular flexibility index (Phi) is 4.36. The van der Waals surface area contributed by atoms with Crippen molar-refractivity contribution in [3.63, 3.8) is 0 Å². The van der Waals surface area contributed by atoms with Gasteiger partial charge in [0.25, 0.3) is 0 Å². The van der Waals surface area contributed by atoms with Crippen LogP contribution in [0.5, 0.6) is 0 Å². The summed E-state index contributed by atoms with van der Waals surface area (Å²) in [5.74, 6) is 0.812. The number of hydrogen-bond acceptors (Lipinski definition) is 2. The lowest BCUT2D eigenvalue weighted by Gasteiger charge is -2.24. The van der Waals surface area contributed by atoms with Crippen LogP contribution < -0.4 is 5.73 Å². The van der Waals surface area contributed by atoms with Crippen LogP contribution in [0, 0.1) is 11.3 Å². The summed E-state index contributed by atoms with van der Waals surface area (Å²) < 4.78 is 0.